The monoisotopic (exact) mass is 114 g/mol. The van der Waals surface area contributed by atoms with E-state index in [-0.39, 0.29) is 18.7 Å². The van der Waals surface area contributed by atoms with Crippen LogP contribution in [-0.4, -0.2) is 19.4 Å². The summed E-state index contributed by atoms with van der Waals surface area (Å²) in [6.45, 7) is 3.52. The van der Waals surface area contributed by atoms with Crippen molar-refractivity contribution in [3.63, 3.8) is 0 Å². The Morgan fingerprint density at radius 3 is 2.62 bits per heavy atom. The number of carbonyl (C=O) groups is 2. The molecule has 0 amide bonds. The highest BCUT2D eigenvalue weighted by Gasteiger charge is 1.86. The maximum Gasteiger partial charge on any atom is 0.293 e. The second kappa shape index (κ2) is 4.05. The highest BCUT2D eigenvalue weighted by molar-refractivity contribution is 5.72. The summed E-state index contributed by atoms with van der Waals surface area (Å²) in [5.41, 5.74) is 0.261. The predicted octanol–water partition coefficient (Wildman–Crippen LogP) is -0.0855. The van der Waals surface area contributed by atoms with Gasteiger partial charge >= 0.3 is 0 Å². The maximum atomic E-state index is 9.72. The van der Waals surface area contributed by atoms with E-state index in [1.807, 2.05) is 0 Å². The minimum Gasteiger partial charge on any atom is -0.463 e. The van der Waals surface area contributed by atoms with Gasteiger partial charge in [-0.25, -0.2) is 0 Å². The summed E-state index contributed by atoms with van der Waals surface area (Å²) in [5, 5.41) is 0. The Bertz CT molecular complexity index is 106. The SMILES string of the molecule is C=C(C=O)COC=O. The van der Waals surface area contributed by atoms with Crippen molar-refractivity contribution in [3.8, 4) is 0 Å². The number of aldehydes is 1. The zero-order chi connectivity index (χ0) is 6.41. The smallest absolute Gasteiger partial charge is 0.293 e. The summed E-state index contributed by atoms with van der Waals surface area (Å²) in [7, 11) is 0. The quantitative estimate of drug-likeness (QED) is 0.379. The maximum absolute atomic E-state index is 9.72. The summed E-state index contributed by atoms with van der Waals surface area (Å²) >= 11 is 0. The summed E-state index contributed by atoms with van der Waals surface area (Å²) in [6.07, 6.45) is 0.545. The van der Waals surface area contributed by atoms with Gasteiger partial charge in [-0.3, -0.25) is 9.59 Å². The second-order valence-corrected chi connectivity index (χ2v) is 1.18. The molecule has 0 saturated heterocycles. The first-order chi connectivity index (χ1) is 3.81. The van der Waals surface area contributed by atoms with Crippen LogP contribution in [0.15, 0.2) is 12.2 Å². The molecule has 0 aromatic rings. The number of rotatable bonds is 4. The van der Waals surface area contributed by atoms with Crippen LogP contribution in [0.5, 0.6) is 0 Å². The molecule has 8 heavy (non-hydrogen) atoms. The lowest BCUT2D eigenvalue weighted by molar-refractivity contribution is -0.127. The molecular weight excluding hydrogens is 108 g/mol. The lowest BCUT2D eigenvalue weighted by atomic mass is 10.4. The first kappa shape index (κ1) is 6.88. The number of hydrogen-bond acceptors (Lipinski definition) is 3. The van der Waals surface area contributed by atoms with Crippen molar-refractivity contribution in [2.24, 2.45) is 0 Å². The van der Waals surface area contributed by atoms with E-state index in [2.05, 4.69) is 11.3 Å². The fourth-order valence-corrected chi connectivity index (χ4v) is 0.175. The van der Waals surface area contributed by atoms with Gasteiger partial charge in [0.2, 0.25) is 0 Å². The lowest BCUT2D eigenvalue weighted by Crippen LogP contribution is -1.94. The van der Waals surface area contributed by atoms with Gasteiger partial charge < -0.3 is 4.74 Å². The van der Waals surface area contributed by atoms with Crippen LogP contribution >= 0.6 is 0 Å². The van der Waals surface area contributed by atoms with E-state index in [0.717, 1.165) is 0 Å². The molecule has 0 spiro atoms. The van der Waals surface area contributed by atoms with Gasteiger partial charge in [0, 0.05) is 5.57 Å². The van der Waals surface area contributed by atoms with Crippen LogP contribution < -0.4 is 0 Å². The lowest BCUT2D eigenvalue weighted by Gasteiger charge is -1.90. The van der Waals surface area contributed by atoms with Gasteiger partial charge in [-0.15, -0.1) is 0 Å². The summed E-state index contributed by atoms with van der Waals surface area (Å²) in [6, 6.07) is 0. The zero-order valence-electron chi connectivity index (χ0n) is 4.29. The van der Waals surface area contributed by atoms with Gasteiger partial charge in [0.05, 0.1) is 0 Å². The highest BCUT2D eigenvalue weighted by Crippen LogP contribution is 1.81. The molecule has 0 aliphatic carbocycles. The van der Waals surface area contributed by atoms with Crippen LogP contribution in [-0.2, 0) is 14.3 Å². The van der Waals surface area contributed by atoms with E-state index < -0.39 is 0 Å². The Morgan fingerprint density at radius 1 is 1.62 bits per heavy atom. The van der Waals surface area contributed by atoms with Crippen molar-refractivity contribution in [2.75, 3.05) is 6.61 Å². The molecule has 3 heteroatoms. The van der Waals surface area contributed by atoms with E-state index in [1.165, 1.54) is 0 Å². The third-order valence-corrected chi connectivity index (χ3v) is 0.503. The Labute approximate surface area is 46.9 Å². The molecule has 0 aromatic heterocycles. The number of carbonyl (C=O) groups excluding carboxylic acids is 2. The Hall–Kier alpha value is -1.12. The molecule has 0 rings (SSSR count). The molecular formula is C5H6O3. The fraction of sp³-hybridized carbons (Fsp3) is 0.200. The van der Waals surface area contributed by atoms with Gasteiger partial charge in [0.25, 0.3) is 6.47 Å². The number of ether oxygens (including phenoxy) is 1. The highest BCUT2D eigenvalue weighted by atomic mass is 16.5. The molecule has 44 valence electrons. The van der Waals surface area contributed by atoms with Crippen LogP contribution in [0.25, 0.3) is 0 Å². The first-order valence-corrected chi connectivity index (χ1v) is 1.99. The van der Waals surface area contributed by atoms with Crippen LogP contribution in [0.1, 0.15) is 0 Å². The van der Waals surface area contributed by atoms with E-state index in [9.17, 15) is 9.59 Å². The molecule has 0 saturated carbocycles. The van der Waals surface area contributed by atoms with Crippen LogP contribution in [0.3, 0.4) is 0 Å². The molecule has 0 radical (unpaired) electrons. The van der Waals surface area contributed by atoms with Crippen LogP contribution in [0.2, 0.25) is 0 Å². The third kappa shape index (κ3) is 3.08. The van der Waals surface area contributed by atoms with Gasteiger partial charge in [-0.1, -0.05) is 6.58 Å². The van der Waals surface area contributed by atoms with Crippen molar-refractivity contribution in [1.29, 1.82) is 0 Å². The Kier molecular flexibility index (Phi) is 3.48. The Morgan fingerprint density at radius 2 is 2.25 bits per heavy atom. The standard InChI is InChI=1S/C5H6O3/c1-5(2-6)3-8-4-7/h2,4H,1,3H2. The predicted molar refractivity (Wildman–Crippen MR) is 27.2 cm³/mol. The minimum absolute atomic E-state index is 0.00694. The van der Waals surface area contributed by atoms with Gasteiger partial charge in [0.15, 0.2) is 0 Å². The topological polar surface area (TPSA) is 43.4 Å². The molecule has 0 atom stereocenters. The van der Waals surface area contributed by atoms with Crippen LogP contribution in [0.4, 0.5) is 0 Å². The van der Waals surface area contributed by atoms with E-state index in [1.54, 1.807) is 0 Å². The van der Waals surface area contributed by atoms with Crippen molar-refractivity contribution in [1.82, 2.24) is 0 Å². The molecule has 0 heterocycles. The second-order valence-electron chi connectivity index (χ2n) is 1.18. The van der Waals surface area contributed by atoms with Crippen molar-refractivity contribution in [2.45, 2.75) is 0 Å². The molecule has 3 nitrogen and oxygen atoms in total. The van der Waals surface area contributed by atoms with Gasteiger partial charge in [0.1, 0.15) is 12.9 Å². The average Bonchev–Trinajstić information content (AvgIpc) is 1.83. The Balaban J connectivity index is 3.24. The first-order valence-electron chi connectivity index (χ1n) is 1.99. The number of hydrogen-bond donors (Lipinski definition) is 0. The fourth-order valence-electron chi connectivity index (χ4n) is 0.175. The zero-order valence-corrected chi connectivity index (χ0v) is 4.29. The third-order valence-electron chi connectivity index (χ3n) is 0.503. The van der Waals surface area contributed by atoms with Crippen molar-refractivity contribution in [3.05, 3.63) is 12.2 Å². The largest absolute Gasteiger partial charge is 0.463 e. The average molecular weight is 114 g/mol. The molecule has 0 aliphatic heterocycles. The molecule has 0 N–H and O–H groups in total. The van der Waals surface area contributed by atoms with E-state index in [4.69, 9.17) is 0 Å². The molecule has 0 aromatic carbocycles. The van der Waals surface area contributed by atoms with Crippen molar-refractivity contribution < 1.29 is 14.3 Å². The van der Waals surface area contributed by atoms with E-state index in [0.29, 0.717) is 6.29 Å². The van der Waals surface area contributed by atoms with E-state index >= 15 is 0 Å². The summed E-state index contributed by atoms with van der Waals surface area (Å²) in [5.74, 6) is 0. The molecule has 0 unspecified atom stereocenters. The molecule has 0 fully saturated rings. The van der Waals surface area contributed by atoms with Crippen molar-refractivity contribution >= 4 is 12.8 Å². The minimum atomic E-state index is -0.00694. The molecule has 0 aliphatic rings. The molecule has 0 bridgehead atoms. The van der Waals surface area contributed by atoms with Crippen LogP contribution in [0, 0.1) is 0 Å². The van der Waals surface area contributed by atoms with Gasteiger partial charge in [-0.05, 0) is 0 Å². The summed E-state index contributed by atoms with van der Waals surface area (Å²) < 4.78 is 4.17. The summed E-state index contributed by atoms with van der Waals surface area (Å²) in [4.78, 5) is 19.2. The van der Waals surface area contributed by atoms with Gasteiger partial charge in [-0.2, -0.15) is 0 Å². The normalized spacial score (nSPS) is 7.50.